The first kappa shape index (κ1) is 25.0. The van der Waals surface area contributed by atoms with Gasteiger partial charge in [-0.05, 0) is 31.2 Å². The summed E-state index contributed by atoms with van der Waals surface area (Å²) in [6, 6.07) is 17.8. The summed E-state index contributed by atoms with van der Waals surface area (Å²) >= 11 is 2.62. The molecule has 184 valence electrons. The molecule has 0 unspecified atom stereocenters. The smallest absolute Gasteiger partial charge is 0.326 e. The lowest BCUT2D eigenvalue weighted by Gasteiger charge is -2.36. The minimum atomic E-state index is -0.378. The van der Waals surface area contributed by atoms with E-state index in [4.69, 9.17) is 4.74 Å². The number of anilines is 1. The molecule has 2 heterocycles. The summed E-state index contributed by atoms with van der Waals surface area (Å²) in [6.07, 6.45) is 0. The SMILES string of the molecule is CCOC(=O)Cn1c(=NC(=O)CSCC(=O)N2CCN(c3ccccc3)CC2)sc2ccccc21. The number of piperazine rings is 1. The molecule has 1 aliphatic heterocycles. The van der Waals surface area contributed by atoms with Crippen molar-refractivity contribution in [2.75, 3.05) is 49.2 Å². The topological polar surface area (TPSA) is 84.2 Å². The van der Waals surface area contributed by atoms with Crippen molar-refractivity contribution < 1.29 is 19.1 Å². The molecule has 1 fully saturated rings. The fraction of sp³-hybridized carbons (Fsp3) is 0.360. The number of ether oxygens (including phenoxy) is 1. The zero-order chi connectivity index (χ0) is 24.6. The number of nitrogens with zero attached hydrogens (tertiary/aromatic N) is 4. The molecule has 1 aromatic heterocycles. The third-order valence-electron chi connectivity index (χ3n) is 5.61. The number of hydrogen-bond acceptors (Lipinski definition) is 7. The van der Waals surface area contributed by atoms with E-state index in [0.717, 1.165) is 23.3 Å². The van der Waals surface area contributed by atoms with Crippen molar-refractivity contribution in [1.29, 1.82) is 0 Å². The van der Waals surface area contributed by atoms with E-state index in [1.54, 1.807) is 11.5 Å². The van der Waals surface area contributed by atoms with Crippen LogP contribution in [0, 0.1) is 0 Å². The number of carbonyl (C=O) groups is 3. The molecule has 0 saturated carbocycles. The second kappa shape index (κ2) is 12.0. The van der Waals surface area contributed by atoms with Gasteiger partial charge in [-0.2, -0.15) is 4.99 Å². The number of aromatic nitrogens is 1. The lowest BCUT2D eigenvalue weighted by Crippen LogP contribution is -2.49. The van der Waals surface area contributed by atoms with E-state index in [-0.39, 0.29) is 35.8 Å². The fourth-order valence-electron chi connectivity index (χ4n) is 3.90. The van der Waals surface area contributed by atoms with Gasteiger partial charge in [0.05, 0.1) is 28.3 Å². The van der Waals surface area contributed by atoms with E-state index >= 15 is 0 Å². The average Bonchev–Trinajstić information content (AvgIpc) is 3.21. The van der Waals surface area contributed by atoms with Gasteiger partial charge in [0.2, 0.25) is 5.91 Å². The summed E-state index contributed by atoms with van der Waals surface area (Å²) in [5.74, 6) is -0.335. The Balaban J connectivity index is 1.32. The highest BCUT2D eigenvalue weighted by Gasteiger charge is 2.21. The molecule has 1 saturated heterocycles. The molecule has 3 aromatic rings. The maximum Gasteiger partial charge on any atom is 0.326 e. The van der Waals surface area contributed by atoms with Gasteiger partial charge in [-0.25, -0.2) is 0 Å². The molecule has 0 spiro atoms. The van der Waals surface area contributed by atoms with Crippen LogP contribution in [0.1, 0.15) is 6.92 Å². The van der Waals surface area contributed by atoms with Gasteiger partial charge in [-0.1, -0.05) is 41.7 Å². The predicted octanol–water partition coefficient (Wildman–Crippen LogP) is 2.78. The zero-order valence-corrected chi connectivity index (χ0v) is 21.2. The molecule has 0 aliphatic carbocycles. The Hall–Kier alpha value is -3.11. The molecule has 8 nitrogen and oxygen atoms in total. The first-order valence-corrected chi connectivity index (χ1v) is 13.5. The predicted molar refractivity (Wildman–Crippen MR) is 140 cm³/mol. The van der Waals surface area contributed by atoms with Gasteiger partial charge >= 0.3 is 5.97 Å². The van der Waals surface area contributed by atoms with Crippen molar-refractivity contribution in [3.8, 4) is 0 Å². The Bertz CT molecular complexity index is 1250. The number of benzene rings is 2. The van der Waals surface area contributed by atoms with Crippen LogP contribution in [0.3, 0.4) is 0 Å². The number of carbonyl (C=O) groups excluding carboxylic acids is 3. The number of para-hydroxylation sites is 2. The maximum absolute atomic E-state index is 12.6. The second-order valence-electron chi connectivity index (χ2n) is 7.95. The van der Waals surface area contributed by atoms with Gasteiger partial charge < -0.3 is 19.1 Å². The summed E-state index contributed by atoms with van der Waals surface area (Å²) in [6.45, 7) is 4.96. The normalized spacial score (nSPS) is 14.4. The van der Waals surface area contributed by atoms with E-state index in [9.17, 15) is 14.4 Å². The summed E-state index contributed by atoms with van der Waals surface area (Å²) in [5, 5.41) is 0. The number of hydrogen-bond donors (Lipinski definition) is 0. The molecule has 1 aliphatic rings. The van der Waals surface area contributed by atoms with Gasteiger partial charge in [0.15, 0.2) is 4.80 Å². The van der Waals surface area contributed by atoms with E-state index in [1.807, 2.05) is 47.4 Å². The van der Waals surface area contributed by atoms with Gasteiger partial charge in [-0.15, -0.1) is 11.8 Å². The zero-order valence-electron chi connectivity index (χ0n) is 19.6. The Kier molecular flexibility index (Phi) is 8.59. The fourth-order valence-corrected chi connectivity index (χ4v) is 5.65. The third kappa shape index (κ3) is 6.52. The number of esters is 1. The van der Waals surface area contributed by atoms with Crippen LogP contribution in [0.2, 0.25) is 0 Å². The molecule has 0 bridgehead atoms. The highest BCUT2D eigenvalue weighted by molar-refractivity contribution is 8.00. The molecule has 4 rings (SSSR count). The molecule has 35 heavy (non-hydrogen) atoms. The van der Waals surface area contributed by atoms with Crippen LogP contribution in [0.4, 0.5) is 5.69 Å². The summed E-state index contributed by atoms with van der Waals surface area (Å²) in [4.78, 5) is 46.1. The number of thioether (sulfide) groups is 1. The number of thiazole rings is 1. The maximum atomic E-state index is 12.6. The van der Waals surface area contributed by atoms with Crippen molar-refractivity contribution in [3.05, 3.63) is 59.4 Å². The Morgan fingerprint density at radius 3 is 2.43 bits per heavy atom. The van der Waals surface area contributed by atoms with Crippen molar-refractivity contribution in [1.82, 2.24) is 9.47 Å². The Labute approximate surface area is 212 Å². The van der Waals surface area contributed by atoms with Crippen molar-refractivity contribution in [2.24, 2.45) is 4.99 Å². The molecule has 0 N–H and O–H groups in total. The van der Waals surface area contributed by atoms with Crippen LogP contribution in [-0.2, 0) is 25.7 Å². The van der Waals surface area contributed by atoms with Crippen LogP contribution in [0.15, 0.2) is 59.6 Å². The number of amides is 2. The molecule has 10 heteroatoms. The van der Waals surface area contributed by atoms with E-state index in [1.165, 1.54) is 28.8 Å². The van der Waals surface area contributed by atoms with Crippen LogP contribution in [-0.4, -0.2) is 71.5 Å². The van der Waals surface area contributed by atoms with Crippen LogP contribution < -0.4 is 9.70 Å². The lowest BCUT2D eigenvalue weighted by molar-refractivity contribution is -0.143. The molecule has 2 aromatic carbocycles. The molecular weight excluding hydrogens is 484 g/mol. The quantitative estimate of drug-likeness (QED) is 0.432. The summed E-state index contributed by atoms with van der Waals surface area (Å²) in [5.41, 5.74) is 2.00. The van der Waals surface area contributed by atoms with Crippen molar-refractivity contribution >= 4 is 56.8 Å². The highest BCUT2D eigenvalue weighted by atomic mass is 32.2. The minimum Gasteiger partial charge on any atom is -0.465 e. The standard InChI is InChI=1S/C25H28N4O4S2/c1-2-33-24(32)16-29-20-10-6-7-11-21(20)35-25(29)26-22(30)17-34-18-23(31)28-14-12-27(13-15-28)19-8-4-3-5-9-19/h3-11H,2,12-18H2,1H3. The first-order valence-electron chi connectivity index (χ1n) is 11.5. The van der Waals surface area contributed by atoms with Crippen molar-refractivity contribution in [2.45, 2.75) is 13.5 Å². The lowest BCUT2D eigenvalue weighted by atomic mass is 10.2. The van der Waals surface area contributed by atoms with Crippen LogP contribution in [0.5, 0.6) is 0 Å². The Morgan fingerprint density at radius 1 is 0.971 bits per heavy atom. The largest absolute Gasteiger partial charge is 0.465 e. The third-order valence-corrected chi connectivity index (χ3v) is 7.57. The molecular formula is C25H28N4O4S2. The Morgan fingerprint density at radius 2 is 1.69 bits per heavy atom. The minimum absolute atomic E-state index is 0.00937. The number of rotatable bonds is 8. The van der Waals surface area contributed by atoms with E-state index in [0.29, 0.717) is 24.5 Å². The van der Waals surface area contributed by atoms with Gasteiger partial charge in [0.1, 0.15) is 6.54 Å². The van der Waals surface area contributed by atoms with Gasteiger partial charge in [-0.3, -0.25) is 14.4 Å². The van der Waals surface area contributed by atoms with Gasteiger partial charge in [0, 0.05) is 31.9 Å². The van der Waals surface area contributed by atoms with E-state index < -0.39 is 0 Å². The molecule has 0 radical (unpaired) electrons. The first-order chi connectivity index (χ1) is 17.0. The highest BCUT2D eigenvalue weighted by Crippen LogP contribution is 2.18. The van der Waals surface area contributed by atoms with E-state index in [2.05, 4.69) is 22.0 Å². The molecule has 0 atom stereocenters. The average molecular weight is 513 g/mol. The summed E-state index contributed by atoms with van der Waals surface area (Å²) < 4.78 is 7.71. The van der Waals surface area contributed by atoms with Crippen LogP contribution >= 0.6 is 23.1 Å². The molecule has 2 amide bonds. The summed E-state index contributed by atoms with van der Waals surface area (Å²) in [7, 11) is 0. The van der Waals surface area contributed by atoms with Crippen LogP contribution in [0.25, 0.3) is 10.2 Å². The van der Waals surface area contributed by atoms with Gasteiger partial charge in [0.25, 0.3) is 5.91 Å². The van der Waals surface area contributed by atoms with Crippen molar-refractivity contribution in [3.63, 3.8) is 0 Å². The second-order valence-corrected chi connectivity index (χ2v) is 9.94. The number of fused-ring (bicyclic) bond motifs is 1. The monoisotopic (exact) mass is 512 g/mol.